The van der Waals surface area contributed by atoms with E-state index in [2.05, 4.69) is 10.1 Å². The Bertz CT molecular complexity index is 1160. The van der Waals surface area contributed by atoms with Gasteiger partial charge in [-0.2, -0.15) is 5.10 Å². The lowest BCUT2D eigenvalue weighted by atomic mass is 10.1. The molecule has 8 heteroatoms. The molecule has 1 aromatic carbocycles. The first-order valence-electron chi connectivity index (χ1n) is 10.3. The second-order valence-electron chi connectivity index (χ2n) is 8.05. The standard InChI is InChI=1S/C23H22ClN5O2/c1-14-20-15(2)28(23(31)21(20)29(26-14)17-6-4-3-5-7-17)18-10-11-27(13-18)22(30)16-8-9-19(24)25-12-16/h3-9,12,15,18H,10-11,13H2,1-2H3. The van der Waals surface area contributed by atoms with Crippen molar-refractivity contribution in [1.82, 2.24) is 24.6 Å². The number of nitrogens with zero attached hydrogens (tertiary/aromatic N) is 5. The molecular formula is C23H22ClN5O2. The minimum Gasteiger partial charge on any atom is -0.336 e. The Balaban J connectivity index is 1.40. The number of carbonyl (C=O) groups is 2. The van der Waals surface area contributed by atoms with Gasteiger partial charge >= 0.3 is 0 Å². The second kappa shape index (κ2) is 7.50. The molecule has 158 valence electrons. The van der Waals surface area contributed by atoms with Crippen LogP contribution in [0.3, 0.4) is 0 Å². The van der Waals surface area contributed by atoms with E-state index in [9.17, 15) is 9.59 Å². The van der Waals surface area contributed by atoms with Crippen molar-refractivity contribution in [2.45, 2.75) is 32.4 Å². The summed E-state index contributed by atoms with van der Waals surface area (Å²) >= 11 is 5.83. The minimum absolute atomic E-state index is 0.0283. The first-order valence-corrected chi connectivity index (χ1v) is 10.7. The molecule has 2 atom stereocenters. The number of pyridine rings is 1. The molecule has 0 N–H and O–H groups in total. The summed E-state index contributed by atoms with van der Waals surface area (Å²) in [5.41, 5.74) is 3.83. The summed E-state index contributed by atoms with van der Waals surface area (Å²) in [4.78, 5) is 34.1. The highest BCUT2D eigenvalue weighted by Crippen LogP contribution is 2.39. The summed E-state index contributed by atoms with van der Waals surface area (Å²) in [6.45, 7) is 5.09. The fourth-order valence-corrected chi connectivity index (χ4v) is 4.87. The zero-order chi connectivity index (χ0) is 21.7. The molecule has 1 fully saturated rings. The number of amides is 2. The van der Waals surface area contributed by atoms with Crippen LogP contribution in [0.1, 0.15) is 51.5 Å². The van der Waals surface area contributed by atoms with Gasteiger partial charge in [-0.05, 0) is 44.5 Å². The normalized spacial score (nSPS) is 20.4. The van der Waals surface area contributed by atoms with E-state index < -0.39 is 0 Å². The summed E-state index contributed by atoms with van der Waals surface area (Å²) in [6, 6.07) is 12.9. The highest BCUT2D eigenvalue weighted by Gasteiger charge is 2.45. The smallest absolute Gasteiger partial charge is 0.273 e. The number of aromatic nitrogens is 3. The molecule has 2 aliphatic rings. The van der Waals surface area contributed by atoms with Crippen LogP contribution in [0.25, 0.3) is 5.69 Å². The summed E-state index contributed by atoms with van der Waals surface area (Å²) in [7, 11) is 0. The minimum atomic E-state index is -0.0879. The molecule has 7 nitrogen and oxygen atoms in total. The number of carbonyl (C=O) groups excluding carboxylic acids is 2. The highest BCUT2D eigenvalue weighted by atomic mass is 35.5. The van der Waals surface area contributed by atoms with Crippen molar-refractivity contribution in [3.63, 3.8) is 0 Å². The molecule has 0 bridgehead atoms. The van der Waals surface area contributed by atoms with Crippen LogP contribution in [0.15, 0.2) is 48.7 Å². The van der Waals surface area contributed by atoms with Crippen molar-refractivity contribution in [2.24, 2.45) is 0 Å². The maximum absolute atomic E-state index is 13.5. The summed E-state index contributed by atoms with van der Waals surface area (Å²) in [6.07, 6.45) is 2.24. The van der Waals surface area contributed by atoms with Crippen LogP contribution in [0.2, 0.25) is 5.15 Å². The van der Waals surface area contributed by atoms with Crippen LogP contribution in [0.4, 0.5) is 0 Å². The van der Waals surface area contributed by atoms with E-state index in [0.717, 1.165) is 23.4 Å². The maximum Gasteiger partial charge on any atom is 0.273 e. The average molecular weight is 436 g/mol. The number of benzene rings is 1. The Morgan fingerprint density at radius 1 is 1.16 bits per heavy atom. The van der Waals surface area contributed by atoms with Crippen LogP contribution in [0.5, 0.6) is 0 Å². The van der Waals surface area contributed by atoms with Crippen molar-refractivity contribution in [3.05, 3.63) is 76.3 Å². The number of fused-ring (bicyclic) bond motifs is 1. The van der Waals surface area contributed by atoms with Crippen LogP contribution in [-0.4, -0.2) is 55.5 Å². The van der Waals surface area contributed by atoms with Crippen LogP contribution < -0.4 is 0 Å². The fraction of sp³-hybridized carbons (Fsp3) is 0.304. The number of para-hydroxylation sites is 1. The molecule has 2 unspecified atom stereocenters. The third kappa shape index (κ3) is 3.20. The Labute approximate surface area is 185 Å². The van der Waals surface area contributed by atoms with Crippen LogP contribution in [0, 0.1) is 6.92 Å². The van der Waals surface area contributed by atoms with Gasteiger partial charge in [0, 0.05) is 24.8 Å². The van der Waals surface area contributed by atoms with Crippen molar-refractivity contribution >= 4 is 23.4 Å². The molecule has 2 aliphatic heterocycles. The van der Waals surface area contributed by atoms with Gasteiger partial charge < -0.3 is 9.80 Å². The molecule has 2 amide bonds. The van der Waals surface area contributed by atoms with Crippen LogP contribution >= 0.6 is 11.6 Å². The van der Waals surface area contributed by atoms with Crippen molar-refractivity contribution in [3.8, 4) is 5.69 Å². The number of halogens is 1. The van der Waals surface area contributed by atoms with Crippen molar-refractivity contribution in [1.29, 1.82) is 0 Å². The van der Waals surface area contributed by atoms with Gasteiger partial charge in [0.15, 0.2) is 0 Å². The number of rotatable bonds is 3. The Hall–Kier alpha value is -3.19. The zero-order valence-corrected chi connectivity index (χ0v) is 18.1. The molecule has 31 heavy (non-hydrogen) atoms. The predicted octanol–water partition coefficient (Wildman–Crippen LogP) is 3.66. The van der Waals surface area contributed by atoms with Gasteiger partial charge in [-0.25, -0.2) is 9.67 Å². The number of aryl methyl sites for hydroxylation is 1. The van der Waals surface area contributed by atoms with E-state index in [-0.39, 0.29) is 23.9 Å². The first-order chi connectivity index (χ1) is 15.0. The summed E-state index contributed by atoms with van der Waals surface area (Å²) in [5, 5.41) is 5.00. The highest BCUT2D eigenvalue weighted by molar-refractivity contribution is 6.29. The predicted molar refractivity (Wildman–Crippen MR) is 116 cm³/mol. The molecule has 4 heterocycles. The quantitative estimate of drug-likeness (QED) is 0.588. The Kier molecular flexibility index (Phi) is 4.78. The number of hydrogen-bond acceptors (Lipinski definition) is 4. The second-order valence-corrected chi connectivity index (χ2v) is 8.43. The average Bonchev–Trinajstić information content (AvgIpc) is 3.45. The molecule has 2 aromatic heterocycles. The fourth-order valence-electron chi connectivity index (χ4n) is 4.76. The zero-order valence-electron chi connectivity index (χ0n) is 17.3. The molecular weight excluding hydrogens is 414 g/mol. The van der Waals surface area contributed by atoms with E-state index in [1.54, 1.807) is 21.7 Å². The molecule has 0 aliphatic carbocycles. The van der Waals surface area contributed by atoms with Crippen molar-refractivity contribution in [2.75, 3.05) is 13.1 Å². The number of likely N-dealkylation sites (tertiary alicyclic amines) is 1. The molecule has 0 saturated carbocycles. The lowest BCUT2D eigenvalue weighted by Crippen LogP contribution is -2.41. The van der Waals surface area contributed by atoms with E-state index in [1.165, 1.54) is 6.20 Å². The molecule has 3 aromatic rings. The summed E-state index contributed by atoms with van der Waals surface area (Å²) < 4.78 is 1.75. The lowest BCUT2D eigenvalue weighted by molar-refractivity contribution is 0.0618. The van der Waals surface area contributed by atoms with E-state index in [4.69, 9.17) is 11.6 Å². The Morgan fingerprint density at radius 3 is 2.65 bits per heavy atom. The van der Waals surface area contributed by atoms with Crippen molar-refractivity contribution < 1.29 is 9.59 Å². The van der Waals surface area contributed by atoms with Gasteiger partial charge in [-0.1, -0.05) is 29.8 Å². The SMILES string of the molecule is Cc1nn(-c2ccccc2)c2c1C(C)N(C1CCN(C(=O)c3ccc(Cl)nc3)C1)C2=O. The van der Waals surface area contributed by atoms with Gasteiger partial charge in [0.2, 0.25) is 0 Å². The van der Waals surface area contributed by atoms with Gasteiger partial charge in [-0.3, -0.25) is 9.59 Å². The first kappa shape index (κ1) is 19.8. The largest absolute Gasteiger partial charge is 0.336 e. The number of hydrogen-bond donors (Lipinski definition) is 0. The molecule has 5 rings (SSSR count). The monoisotopic (exact) mass is 435 g/mol. The Morgan fingerprint density at radius 2 is 1.94 bits per heavy atom. The van der Waals surface area contributed by atoms with Gasteiger partial charge in [0.05, 0.1) is 29.0 Å². The summed E-state index contributed by atoms with van der Waals surface area (Å²) in [5.74, 6) is -0.116. The molecule has 0 spiro atoms. The third-order valence-corrected chi connectivity index (χ3v) is 6.42. The van der Waals surface area contributed by atoms with Gasteiger partial charge in [0.25, 0.3) is 11.8 Å². The molecule has 0 radical (unpaired) electrons. The van der Waals surface area contributed by atoms with E-state index >= 15 is 0 Å². The van der Waals surface area contributed by atoms with Gasteiger partial charge in [-0.15, -0.1) is 0 Å². The topological polar surface area (TPSA) is 71.3 Å². The maximum atomic E-state index is 13.5. The van der Waals surface area contributed by atoms with E-state index in [1.807, 2.05) is 49.1 Å². The molecule has 1 saturated heterocycles. The van der Waals surface area contributed by atoms with Gasteiger partial charge in [0.1, 0.15) is 10.8 Å². The third-order valence-electron chi connectivity index (χ3n) is 6.20. The lowest BCUT2D eigenvalue weighted by Gasteiger charge is -2.29. The van der Waals surface area contributed by atoms with Crippen LogP contribution in [-0.2, 0) is 0 Å². The van der Waals surface area contributed by atoms with E-state index in [0.29, 0.717) is 29.5 Å².